The second-order valence-corrected chi connectivity index (χ2v) is 8.58. The smallest absolute Gasteiger partial charge is 0.407 e. The highest BCUT2D eigenvalue weighted by Gasteiger charge is 2.50. The Balaban J connectivity index is 2.06. The molecule has 0 spiro atoms. The molecule has 1 heterocycles. The monoisotopic (exact) mass is 550 g/mol. The summed E-state index contributed by atoms with van der Waals surface area (Å²) in [4.78, 5) is 62.4. The number of nitrogens with zero attached hydrogens (tertiary/aromatic N) is 1. The molecule has 2 amide bonds. The van der Waals surface area contributed by atoms with Crippen LogP contribution in [0.3, 0.4) is 0 Å². The average molecular weight is 551 g/mol. The second-order valence-electron chi connectivity index (χ2n) is 8.58. The number of benzene rings is 1. The fraction of sp³-hybridized carbons (Fsp3) is 0.538. The molecule has 1 aromatic carbocycles. The van der Waals surface area contributed by atoms with Crippen molar-refractivity contribution in [3.05, 3.63) is 35.9 Å². The summed E-state index contributed by atoms with van der Waals surface area (Å²) < 4.78 is 32.8. The Bertz CT molecular complexity index is 1010. The van der Waals surface area contributed by atoms with Gasteiger partial charge in [0.1, 0.15) is 19.3 Å². The van der Waals surface area contributed by atoms with Crippen LogP contribution < -0.4 is 5.32 Å². The summed E-state index contributed by atoms with van der Waals surface area (Å²) in [6.45, 7) is 4.84. The van der Waals surface area contributed by atoms with E-state index in [0.717, 1.165) is 12.5 Å². The number of nitrogens with one attached hydrogen (secondary N) is 1. The Morgan fingerprint density at radius 2 is 1.59 bits per heavy atom. The zero-order valence-electron chi connectivity index (χ0n) is 22.3. The quantitative estimate of drug-likeness (QED) is 0.174. The molecule has 2 rings (SSSR count). The maximum Gasteiger partial charge on any atom is 0.407 e. The Morgan fingerprint density at radius 1 is 0.923 bits per heavy atom. The molecule has 1 saturated heterocycles. The molecule has 0 aromatic heterocycles. The van der Waals surface area contributed by atoms with E-state index in [9.17, 15) is 24.0 Å². The molecule has 2 unspecified atom stereocenters. The summed E-state index contributed by atoms with van der Waals surface area (Å²) >= 11 is 0. The van der Waals surface area contributed by atoms with Crippen molar-refractivity contribution in [2.45, 2.75) is 65.3 Å². The van der Waals surface area contributed by atoms with Crippen LogP contribution in [0.4, 0.5) is 4.79 Å². The first-order valence-corrected chi connectivity index (χ1v) is 12.3. The number of hydrogen-bond acceptors (Lipinski definition) is 11. The molecule has 1 aromatic rings. The van der Waals surface area contributed by atoms with E-state index in [-0.39, 0.29) is 26.4 Å². The number of ether oxygens (including phenoxy) is 6. The van der Waals surface area contributed by atoms with Gasteiger partial charge in [-0.25, -0.2) is 9.79 Å². The molecule has 13 heteroatoms. The van der Waals surface area contributed by atoms with Crippen molar-refractivity contribution in [2.75, 3.05) is 19.8 Å². The van der Waals surface area contributed by atoms with Crippen LogP contribution in [-0.2, 0) is 54.2 Å². The van der Waals surface area contributed by atoms with Crippen LogP contribution in [0.2, 0.25) is 0 Å². The Morgan fingerprint density at radius 3 is 2.21 bits per heavy atom. The summed E-state index contributed by atoms with van der Waals surface area (Å²) in [7, 11) is 0. The van der Waals surface area contributed by atoms with Gasteiger partial charge in [-0.15, -0.1) is 0 Å². The van der Waals surface area contributed by atoms with E-state index in [1.165, 1.54) is 27.0 Å². The molecule has 0 bridgehead atoms. The van der Waals surface area contributed by atoms with E-state index in [1.54, 1.807) is 0 Å². The van der Waals surface area contributed by atoms with Gasteiger partial charge in [-0.1, -0.05) is 30.3 Å². The Kier molecular flexibility index (Phi) is 13.0. The summed E-state index contributed by atoms with van der Waals surface area (Å²) in [6.07, 6.45) is -3.58. The molecular formula is C26H34N2O11. The van der Waals surface area contributed by atoms with Crippen LogP contribution in [0.1, 0.15) is 39.7 Å². The third-order valence-corrected chi connectivity index (χ3v) is 5.26. The zero-order chi connectivity index (χ0) is 28.8. The summed E-state index contributed by atoms with van der Waals surface area (Å²) in [5.41, 5.74) is 0.849. The number of esters is 3. The fourth-order valence-electron chi connectivity index (χ4n) is 3.66. The summed E-state index contributed by atoms with van der Waals surface area (Å²) in [5, 5.41) is 2.61. The standard InChI is InChI=1S/C26H34N2O11/c1-16(29)28-13-21-23(37-18(3)31)24(38-19(4)32)22(15-35-17(2)30)39-25(21)34-12-8-11-27-26(33)36-14-20-9-6-5-7-10-20/h5-7,9-10,13,21-25H,8,11-12,14-15H2,1-4H3,(H,27,33)/t21?,22-,23?,24+,25-/m1/s1. The molecule has 1 aliphatic rings. The minimum Gasteiger partial charge on any atom is -0.463 e. The van der Waals surface area contributed by atoms with Crippen molar-refractivity contribution in [1.82, 2.24) is 5.32 Å². The lowest BCUT2D eigenvalue weighted by molar-refractivity contribution is -0.279. The van der Waals surface area contributed by atoms with Gasteiger partial charge in [0.2, 0.25) is 5.91 Å². The normalized spacial score (nSPS) is 22.5. The van der Waals surface area contributed by atoms with Crippen LogP contribution >= 0.6 is 0 Å². The molecular weight excluding hydrogens is 516 g/mol. The molecule has 214 valence electrons. The number of carbonyl (C=O) groups excluding carboxylic acids is 5. The topological polar surface area (TPSA) is 165 Å². The molecule has 1 aliphatic heterocycles. The first-order chi connectivity index (χ1) is 18.6. The number of alkyl carbamates (subject to hydrolysis) is 1. The molecule has 0 radical (unpaired) electrons. The maximum atomic E-state index is 11.9. The van der Waals surface area contributed by atoms with Gasteiger partial charge in [0, 0.05) is 40.5 Å². The van der Waals surface area contributed by atoms with Crippen molar-refractivity contribution < 1.29 is 52.4 Å². The number of amides is 2. The van der Waals surface area contributed by atoms with E-state index < -0.39 is 60.4 Å². The summed E-state index contributed by atoms with van der Waals surface area (Å²) in [5.74, 6) is -3.48. The molecule has 0 saturated carbocycles. The van der Waals surface area contributed by atoms with Gasteiger partial charge in [-0.3, -0.25) is 19.2 Å². The van der Waals surface area contributed by atoms with E-state index >= 15 is 0 Å². The van der Waals surface area contributed by atoms with Gasteiger partial charge in [0.25, 0.3) is 0 Å². The average Bonchev–Trinajstić information content (AvgIpc) is 2.87. The lowest BCUT2D eigenvalue weighted by atomic mass is 9.91. The third-order valence-electron chi connectivity index (χ3n) is 5.26. The van der Waals surface area contributed by atoms with Crippen LogP contribution in [0.15, 0.2) is 35.3 Å². The van der Waals surface area contributed by atoms with Crippen molar-refractivity contribution in [3.63, 3.8) is 0 Å². The summed E-state index contributed by atoms with van der Waals surface area (Å²) in [6, 6.07) is 9.21. The van der Waals surface area contributed by atoms with Gasteiger partial charge in [0.05, 0.1) is 12.5 Å². The first-order valence-electron chi connectivity index (χ1n) is 12.3. The highest BCUT2D eigenvalue weighted by atomic mass is 16.7. The third kappa shape index (κ3) is 11.6. The molecule has 13 nitrogen and oxygen atoms in total. The van der Waals surface area contributed by atoms with Crippen LogP contribution in [0.25, 0.3) is 0 Å². The Hall–Kier alpha value is -3.84. The fourth-order valence-corrected chi connectivity index (χ4v) is 3.66. The molecule has 0 aliphatic carbocycles. The van der Waals surface area contributed by atoms with Gasteiger partial charge < -0.3 is 33.7 Å². The number of carbonyl (C=O) groups is 5. The largest absolute Gasteiger partial charge is 0.463 e. The zero-order valence-corrected chi connectivity index (χ0v) is 22.3. The maximum absolute atomic E-state index is 11.9. The highest BCUT2D eigenvalue weighted by Crippen LogP contribution is 2.31. The van der Waals surface area contributed by atoms with E-state index in [2.05, 4.69) is 10.3 Å². The molecule has 1 fully saturated rings. The molecule has 39 heavy (non-hydrogen) atoms. The minimum absolute atomic E-state index is 0.0688. The van der Waals surface area contributed by atoms with E-state index in [0.29, 0.717) is 6.42 Å². The highest BCUT2D eigenvalue weighted by molar-refractivity contribution is 5.84. The lowest BCUT2D eigenvalue weighted by Gasteiger charge is -2.43. The SMILES string of the molecule is CC(=O)N=CC1C(OC(C)=O)[C@@H](OC(C)=O)[C@@H](COC(C)=O)O[C@H]1OCCCNC(=O)OCc1ccccc1. The number of aliphatic imine (C=N–C) groups is 1. The van der Waals surface area contributed by atoms with Crippen LogP contribution in [0, 0.1) is 5.92 Å². The number of rotatable bonds is 12. The van der Waals surface area contributed by atoms with Gasteiger partial charge in [-0.2, -0.15) is 0 Å². The van der Waals surface area contributed by atoms with Crippen LogP contribution in [-0.4, -0.2) is 80.5 Å². The van der Waals surface area contributed by atoms with Crippen molar-refractivity contribution in [2.24, 2.45) is 10.9 Å². The first kappa shape index (κ1) is 31.4. The van der Waals surface area contributed by atoms with Gasteiger partial charge in [0.15, 0.2) is 18.5 Å². The van der Waals surface area contributed by atoms with Gasteiger partial charge >= 0.3 is 24.0 Å². The lowest BCUT2D eigenvalue weighted by Crippen LogP contribution is -2.59. The van der Waals surface area contributed by atoms with E-state index in [4.69, 9.17) is 28.4 Å². The predicted molar refractivity (Wildman–Crippen MR) is 134 cm³/mol. The molecule has 1 N–H and O–H groups in total. The minimum atomic E-state index is -1.19. The van der Waals surface area contributed by atoms with Crippen LogP contribution in [0.5, 0.6) is 0 Å². The predicted octanol–water partition coefficient (Wildman–Crippen LogP) is 1.70. The second kappa shape index (κ2) is 16.2. The van der Waals surface area contributed by atoms with Crippen molar-refractivity contribution in [3.8, 4) is 0 Å². The van der Waals surface area contributed by atoms with Gasteiger partial charge in [-0.05, 0) is 12.0 Å². The Labute approximate surface area is 226 Å². The van der Waals surface area contributed by atoms with Crippen molar-refractivity contribution >= 4 is 36.1 Å². The number of hydrogen-bond donors (Lipinski definition) is 1. The van der Waals surface area contributed by atoms with E-state index in [1.807, 2.05) is 30.3 Å². The molecule has 5 atom stereocenters. The van der Waals surface area contributed by atoms with Crippen molar-refractivity contribution in [1.29, 1.82) is 0 Å².